The molecule has 74 valence electrons. The number of hydrogen-bond donors (Lipinski definition) is 3. The monoisotopic (exact) mass is 173 g/mol. The van der Waals surface area contributed by atoms with Gasteiger partial charge in [-0.05, 0) is 25.9 Å². The van der Waals surface area contributed by atoms with Crippen LogP contribution in [0.5, 0.6) is 0 Å². The zero-order valence-electron chi connectivity index (χ0n) is 8.18. The summed E-state index contributed by atoms with van der Waals surface area (Å²) in [6, 6.07) is 0.423. The summed E-state index contributed by atoms with van der Waals surface area (Å²) < 4.78 is 0. The van der Waals surface area contributed by atoms with E-state index in [0.717, 1.165) is 19.5 Å². The molecule has 0 saturated carbocycles. The number of nitrogens with two attached hydrogens (primary N) is 2. The lowest BCUT2D eigenvalue weighted by atomic mass is 10.2. The average molecular weight is 173 g/mol. The molecule has 0 bridgehead atoms. The molecule has 3 heteroatoms. The van der Waals surface area contributed by atoms with Crippen LogP contribution >= 0.6 is 0 Å². The molecule has 0 rings (SSSR count). The fourth-order valence-electron chi connectivity index (χ4n) is 1.19. The van der Waals surface area contributed by atoms with Gasteiger partial charge in [0.25, 0.3) is 0 Å². The van der Waals surface area contributed by atoms with E-state index in [9.17, 15) is 0 Å². The number of rotatable bonds is 8. The van der Waals surface area contributed by atoms with Gasteiger partial charge in [0.2, 0.25) is 0 Å². The smallest absolute Gasteiger partial charge is 0.0202 e. The maximum Gasteiger partial charge on any atom is 0.0202 e. The highest BCUT2D eigenvalue weighted by atomic mass is 14.9. The van der Waals surface area contributed by atoms with Crippen LogP contribution in [0.15, 0.2) is 0 Å². The van der Waals surface area contributed by atoms with Gasteiger partial charge in [0.1, 0.15) is 0 Å². The Morgan fingerprint density at radius 2 is 2.00 bits per heavy atom. The Hall–Kier alpha value is -0.120. The minimum Gasteiger partial charge on any atom is -0.330 e. The molecular weight excluding hydrogens is 150 g/mol. The molecule has 0 aliphatic carbocycles. The third-order valence-electron chi connectivity index (χ3n) is 2.01. The van der Waals surface area contributed by atoms with Gasteiger partial charge in [-0.2, -0.15) is 0 Å². The first-order valence-corrected chi connectivity index (χ1v) is 4.98. The van der Waals surface area contributed by atoms with Crippen molar-refractivity contribution in [1.82, 2.24) is 5.32 Å². The summed E-state index contributed by atoms with van der Waals surface area (Å²) in [6.07, 6.45) is 4.80. The standard InChI is InChI=1S/C9H23N3/c1-2-3-4-7-12-9(8-11)5-6-10/h9,12H,2-8,10-11H2,1H3. The van der Waals surface area contributed by atoms with Gasteiger partial charge in [0.15, 0.2) is 0 Å². The minimum absolute atomic E-state index is 0.423. The van der Waals surface area contributed by atoms with Crippen LogP contribution in [-0.2, 0) is 0 Å². The van der Waals surface area contributed by atoms with Gasteiger partial charge in [-0.25, -0.2) is 0 Å². The maximum atomic E-state index is 5.56. The summed E-state index contributed by atoms with van der Waals surface area (Å²) in [4.78, 5) is 0. The van der Waals surface area contributed by atoms with Crippen LogP contribution in [0.3, 0.4) is 0 Å². The Kier molecular flexibility index (Phi) is 8.88. The highest BCUT2D eigenvalue weighted by Crippen LogP contribution is 1.93. The molecule has 0 radical (unpaired) electrons. The van der Waals surface area contributed by atoms with Crippen molar-refractivity contribution in [3.05, 3.63) is 0 Å². The molecule has 5 N–H and O–H groups in total. The lowest BCUT2D eigenvalue weighted by molar-refractivity contribution is 0.480. The van der Waals surface area contributed by atoms with Crippen LogP contribution < -0.4 is 16.8 Å². The topological polar surface area (TPSA) is 64.1 Å². The van der Waals surface area contributed by atoms with Crippen LogP contribution in [0, 0.1) is 0 Å². The van der Waals surface area contributed by atoms with E-state index in [1.165, 1.54) is 19.3 Å². The Labute approximate surface area is 75.9 Å². The summed E-state index contributed by atoms with van der Waals surface area (Å²) >= 11 is 0. The second-order valence-corrected chi connectivity index (χ2v) is 3.17. The van der Waals surface area contributed by atoms with Crippen molar-refractivity contribution in [1.29, 1.82) is 0 Å². The van der Waals surface area contributed by atoms with Crippen molar-refractivity contribution in [2.75, 3.05) is 19.6 Å². The van der Waals surface area contributed by atoms with E-state index in [4.69, 9.17) is 11.5 Å². The van der Waals surface area contributed by atoms with E-state index in [0.29, 0.717) is 12.6 Å². The van der Waals surface area contributed by atoms with E-state index in [2.05, 4.69) is 12.2 Å². The molecule has 0 saturated heterocycles. The minimum atomic E-state index is 0.423. The van der Waals surface area contributed by atoms with Crippen molar-refractivity contribution in [3.8, 4) is 0 Å². The van der Waals surface area contributed by atoms with Crippen molar-refractivity contribution in [3.63, 3.8) is 0 Å². The molecule has 0 spiro atoms. The Bertz CT molecular complexity index is 85.8. The largest absolute Gasteiger partial charge is 0.330 e. The van der Waals surface area contributed by atoms with Crippen LogP contribution in [-0.4, -0.2) is 25.7 Å². The molecule has 0 aromatic carbocycles. The fraction of sp³-hybridized carbons (Fsp3) is 1.00. The van der Waals surface area contributed by atoms with E-state index < -0.39 is 0 Å². The molecule has 3 nitrogen and oxygen atoms in total. The van der Waals surface area contributed by atoms with Crippen LogP contribution in [0.4, 0.5) is 0 Å². The van der Waals surface area contributed by atoms with Gasteiger partial charge in [-0.15, -0.1) is 0 Å². The molecule has 1 atom stereocenters. The average Bonchev–Trinajstić information content (AvgIpc) is 2.10. The zero-order valence-corrected chi connectivity index (χ0v) is 8.18. The predicted molar refractivity (Wildman–Crippen MR) is 54.0 cm³/mol. The quantitative estimate of drug-likeness (QED) is 0.467. The fourth-order valence-corrected chi connectivity index (χ4v) is 1.19. The summed E-state index contributed by atoms with van der Waals surface area (Å²) in [5.74, 6) is 0. The molecule has 0 heterocycles. The van der Waals surface area contributed by atoms with Gasteiger partial charge in [0, 0.05) is 12.6 Å². The van der Waals surface area contributed by atoms with Crippen LogP contribution in [0.1, 0.15) is 32.6 Å². The van der Waals surface area contributed by atoms with E-state index in [1.807, 2.05) is 0 Å². The highest BCUT2D eigenvalue weighted by molar-refractivity contribution is 4.67. The van der Waals surface area contributed by atoms with Gasteiger partial charge in [-0.1, -0.05) is 19.8 Å². The molecule has 0 aromatic rings. The molecule has 0 aliphatic heterocycles. The van der Waals surface area contributed by atoms with Gasteiger partial charge >= 0.3 is 0 Å². The third kappa shape index (κ3) is 6.58. The summed E-state index contributed by atoms with van der Waals surface area (Å²) in [7, 11) is 0. The van der Waals surface area contributed by atoms with Gasteiger partial charge < -0.3 is 16.8 Å². The highest BCUT2D eigenvalue weighted by Gasteiger charge is 2.02. The number of unbranched alkanes of at least 4 members (excludes halogenated alkanes) is 2. The summed E-state index contributed by atoms with van der Waals surface area (Å²) in [5.41, 5.74) is 11.0. The molecule has 0 fully saturated rings. The Morgan fingerprint density at radius 3 is 2.50 bits per heavy atom. The van der Waals surface area contributed by atoms with Crippen LogP contribution in [0.2, 0.25) is 0 Å². The van der Waals surface area contributed by atoms with Gasteiger partial charge in [0.05, 0.1) is 0 Å². The number of nitrogens with one attached hydrogen (secondary N) is 1. The summed E-state index contributed by atoms with van der Waals surface area (Å²) in [6.45, 7) is 4.71. The first-order chi connectivity index (χ1) is 5.85. The molecule has 0 amide bonds. The SMILES string of the molecule is CCCCCNC(CN)CCN. The van der Waals surface area contributed by atoms with E-state index >= 15 is 0 Å². The molecule has 12 heavy (non-hydrogen) atoms. The van der Waals surface area contributed by atoms with Crippen molar-refractivity contribution < 1.29 is 0 Å². The van der Waals surface area contributed by atoms with Crippen molar-refractivity contribution in [2.24, 2.45) is 11.5 Å². The van der Waals surface area contributed by atoms with Crippen molar-refractivity contribution >= 4 is 0 Å². The normalized spacial score (nSPS) is 13.2. The molecule has 0 aromatic heterocycles. The first kappa shape index (κ1) is 11.9. The predicted octanol–water partition coefficient (Wildman–Crippen LogP) is 0.442. The molecular formula is C9H23N3. The van der Waals surface area contributed by atoms with Gasteiger partial charge in [-0.3, -0.25) is 0 Å². The molecule has 0 aliphatic rings. The summed E-state index contributed by atoms with van der Waals surface area (Å²) in [5, 5.41) is 3.40. The second-order valence-electron chi connectivity index (χ2n) is 3.17. The van der Waals surface area contributed by atoms with E-state index in [1.54, 1.807) is 0 Å². The Morgan fingerprint density at radius 1 is 1.25 bits per heavy atom. The molecule has 1 unspecified atom stereocenters. The van der Waals surface area contributed by atoms with Crippen LogP contribution in [0.25, 0.3) is 0 Å². The lowest BCUT2D eigenvalue weighted by Gasteiger charge is -2.15. The number of hydrogen-bond acceptors (Lipinski definition) is 3. The van der Waals surface area contributed by atoms with Crippen molar-refractivity contribution in [2.45, 2.75) is 38.6 Å². The Balaban J connectivity index is 3.19. The third-order valence-corrected chi connectivity index (χ3v) is 2.01. The first-order valence-electron chi connectivity index (χ1n) is 4.98. The van der Waals surface area contributed by atoms with E-state index in [-0.39, 0.29) is 0 Å². The second kappa shape index (κ2) is 8.97. The lowest BCUT2D eigenvalue weighted by Crippen LogP contribution is -2.38. The zero-order chi connectivity index (χ0) is 9.23. The maximum absolute atomic E-state index is 5.56.